The minimum atomic E-state index is -4.76. The third-order valence-electron chi connectivity index (χ3n) is 11.2. The number of benzene rings is 6. The van der Waals surface area contributed by atoms with Crippen LogP contribution in [0.3, 0.4) is 0 Å². The third-order valence-corrected chi connectivity index (χ3v) is 11.2. The first-order valence-electron chi connectivity index (χ1n) is 22.3. The molecule has 0 fully saturated rings. The maximum atomic E-state index is 12.5. The number of alkyl halides is 6. The van der Waals surface area contributed by atoms with E-state index in [0.29, 0.717) is 47.1 Å². The first-order valence-corrected chi connectivity index (χ1v) is 22.3. The van der Waals surface area contributed by atoms with Crippen LogP contribution in [0.4, 0.5) is 49.6 Å². The Balaban J connectivity index is 0.000000206. The van der Waals surface area contributed by atoms with Gasteiger partial charge in [-0.1, -0.05) is 86.6 Å². The molecule has 18 heteroatoms. The zero-order chi connectivity index (χ0) is 50.0. The van der Waals surface area contributed by atoms with Crippen LogP contribution in [0, 0.1) is 0 Å². The van der Waals surface area contributed by atoms with Crippen molar-refractivity contribution in [2.75, 3.05) is 10.6 Å². The lowest BCUT2D eigenvalue weighted by Crippen LogP contribution is -2.17. The molecule has 0 aliphatic heterocycles. The molecule has 2 heterocycles. The molecule has 8 aromatic rings. The van der Waals surface area contributed by atoms with Crippen molar-refractivity contribution in [1.29, 1.82) is 0 Å². The first-order chi connectivity index (χ1) is 33.5. The van der Waals surface area contributed by atoms with Crippen molar-refractivity contribution < 1.29 is 55.6 Å². The van der Waals surface area contributed by atoms with Gasteiger partial charge >= 0.3 is 24.7 Å². The average Bonchev–Trinajstić information content (AvgIpc) is 3.85. The Morgan fingerprint density at radius 2 is 0.900 bits per heavy atom. The minimum absolute atomic E-state index is 0.0191. The predicted octanol–water partition coefficient (Wildman–Crippen LogP) is 13.4. The van der Waals surface area contributed by atoms with Crippen molar-refractivity contribution in [3.63, 3.8) is 0 Å². The Labute approximate surface area is 398 Å². The number of carboxylic acids is 2. The highest BCUT2D eigenvalue weighted by Crippen LogP contribution is 2.36. The largest absolute Gasteiger partial charge is 0.573 e. The monoisotopic (exact) mass is 966 g/mol. The van der Waals surface area contributed by atoms with Crippen LogP contribution in [0.15, 0.2) is 146 Å². The van der Waals surface area contributed by atoms with Crippen molar-refractivity contribution >= 4 is 57.3 Å². The molecule has 8 rings (SSSR count). The highest BCUT2D eigenvalue weighted by atomic mass is 19.4. The Morgan fingerprint density at radius 3 is 1.21 bits per heavy atom. The molecule has 0 saturated carbocycles. The number of carboxylic acid groups (broad SMARTS) is 2. The van der Waals surface area contributed by atoms with Gasteiger partial charge in [-0.15, -0.1) is 26.3 Å². The molecule has 364 valence electrons. The number of hydrogen-bond donors (Lipinski definition) is 4. The van der Waals surface area contributed by atoms with E-state index in [2.05, 4.69) is 43.1 Å². The molecule has 0 radical (unpaired) electrons. The van der Waals surface area contributed by atoms with Crippen molar-refractivity contribution in [2.24, 2.45) is 0 Å². The summed E-state index contributed by atoms with van der Waals surface area (Å²) in [4.78, 5) is 31.5. The summed E-state index contributed by atoms with van der Waals surface area (Å²) in [6.45, 7) is 4.13. The molecule has 2 atom stereocenters. The van der Waals surface area contributed by atoms with Gasteiger partial charge in [0, 0.05) is 24.2 Å². The molecule has 0 spiro atoms. The first kappa shape index (κ1) is 49.9. The van der Waals surface area contributed by atoms with Crippen molar-refractivity contribution in [3.05, 3.63) is 168 Å². The summed E-state index contributed by atoms with van der Waals surface area (Å²) >= 11 is 0. The summed E-state index contributed by atoms with van der Waals surface area (Å²) in [7, 11) is 0. The summed E-state index contributed by atoms with van der Waals surface area (Å²) in [6, 6.07) is 42.1. The number of fused-ring (bicyclic) bond motifs is 2. The van der Waals surface area contributed by atoms with Crippen LogP contribution in [-0.4, -0.2) is 54.0 Å². The second kappa shape index (κ2) is 21.9. The number of halogens is 6. The van der Waals surface area contributed by atoms with Crippen LogP contribution in [0.25, 0.3) is 22.1 Å². The number of imidazole rings is 2. The Kier molecular flexibility index (Phi) is 15.6. The van der Waals surface area contributed by atoms with Crippen LogP contribution in [0.2, 0.25) is 0 Å². The maximum Gasteiger partial charge on any atom is 0.573 e. The number of aliphatic carboxylic acids is 2. The molecule has 4 N–H and O–H groups in total. The second-order valence-electron chi connectivity index (χ2n) is 16.1. The molecule has 0 amide bonds. The Morgan fingerprint density at radius 1 is 0.543 bits per heavy atom. The van der Waals surface area contributed by atoms with Crippen molar-refractivity contribution in [3.8, 4) is 11.5 Å². The molecular weight excluding hydrogens is 919 g/mol. The van der Waals surface area contributed by atoms with Crippen LogP contribution in [-0.2, 0) is 22.4 Å². The fourth-order valence-corrected chi connectivity index (χ4v) is 8.13. The molecule has 6 aromatic carbocycles. The Bertz CT molecular complexity index is 2810. The van der Waals surface area contributed by atoms with Crippen LogP contribution < -0.4 is 20.1 Å². The van der Waals surface area contributed by atoms with Crippen molar-refractivity contribution in [2.45, 2.75) is 77.2 Å². The molecule has 0 saturated heterocycles. The summed E-state index contributed by atoms with van der Waals surface area (Å²) in [6.07, 6.45) is -7.17. The van der Waals surface area contributed by atoms with E-state index in [-0.39, 0.29) is 36.4 Å². The lowest BCUT2D eigenvalue weighted by molar-refractivity contribution is -0.275. The van der Waals surface area contributed by atoms with Gasteiger partial charge in [-0.25, -0.2) is 9.97 Å². The van der Waals surface area contributed by atoms with E-state index in [1.807, 2.05) is 97.1 Å². The Hall–Kier alpha value is -8.02. The van der Waals surface area contributed by atoms with Gasteiger partial charge in [0.15, 0.2) is 0 Å². The third kappa shape index (κ3) is 13.1. The highest BCUT2D eigenvalue weighted by molar-refractivity contribution is 5.82. The summed E-state index contributed by atoms with van der Waals surface area (Å²) in [5.41, 5.74) is 8.09. The number of aromatic nitrogens is 4. The number of nitrogens with one attached hydrogen (secondary N) is 2. The number of nitrogens with zero attached hydrogens (tertiary/aromatic N) is 4. The number of carbonyl (C=O) groups is 2. The number of hydrogen-bond acceptors (Lipinski definition) is 8. The van der Waals surface area contributed by atoms with Crippen LogP contribution >= 0.6 is 0 Å². The maximum absolute atomic E-state index is 12.5. The number of rotatable bonds is 18. The van der Waals surface area contributed by atoms with E-state index in [1.165, 1.54) is 48.5 Å². The molecule has 0 aliphatic rings. The SMILES string of the molecule is CC[C@@H](c1ccccc1)n1c(Nc2ccc(OC(F)(F)F)cc2)nc2cc(CCC(=O)O)ccc21.CC[C@H](c1ccccc1)n1c(Nc2ccc(OC(F)(F)F)cc2)nc2cc(CCC(=O)O)ccc21. The standard InChI is InChI=1S/2C26H24F3N3O3/c2*1-2-22(18-6-4-3-5-7-18)32-23-14-8-17(9-15-24(33)34)16-21(23)31-25(32)30-19-10-12-20(13-11-19)35-26(27,28)29/h2*3-8,10-14,16,22H,2,9,15H2,1H3,(H,30,31)(H,33,34)/t2*22-/m10/s1. The molecule has 70 heavy (non-hydrogen) atoms. The van der Waals surface area contributed by atoms with Gasteiger partial charge in [0.2, 0.25) is 11.9 Å². The quantitative estimate of drug-likeness (QED) is 0.0611. The zero-order valence-corrected chi connectivity index (χ0v) is 37.8. The normalized spacial score (nSPS) is 12.5. The van der Waals surface area contributed by atoms with E-state index >= 15 is 0 Å². The summed E-state index contributed by atoms with van der Waals surface area (Å²) in [5.74, 6) is -1.31. The van der Waals surface area contributed by atoms with Crippen LogP contribution in [0.1, 0.15) is 73.9 Å². The van der Waals surface area contributed by atoms with Gasteiger partial charge in [0.25, 0.3) is 0 Å². The zero-order valence-electron chi connectivity index (χ0n) is 37.8. The summed E-state index contributed by atoms with van der Waals surface area (Å²) in [5, 5.41) is 24.5. The van der Waals surface area contributed by atoms with Gasteiger partial charge in [-0.2, -0.15) is 0 Å². The lowest BCUT2D eigenvalue weighted by atomic mass is 10.0. The molecule has 0 bridgehead atoms. The number of anilines is 4. The number of ether oxygens (including phenoxy) is 2. The lowest BCUT2D eigenvalue weighted by Gasteiger charge is -2.21. The van der Waals surface area contributed by atoms with E-state index in [0.717, 1.165) is 46.1 Å². The summed E-state index contributed by atoms with van der Waals surface area (Å²) < 4.78 is 87.0. The fourth-order valence-electron chi connectivity index (χ4n) is 8.13. The van der Waals surface area contributed by atoms with Gasteiger partial charge in [-0.05, 0) is 121 Å². The number of aryl methyl sites for hydroxylation is 2. The van der Waals surface area contributed by atoms with Gasteiger partial charge in [0.1, 0.15) is 11.5 Å². The average molecular weight is 967 g/mol. The van der Waals surface area contributed by atoms with Gasteiger partial charge < -0.3 is 39.5 Å². The smallest absolute Gasteiger partial charge is 0.481 e. The highest BCUT2D eigenvalue weighted by Gasteiger charge is 2.32. The molecule has 12 nitrogen and oxygen atoms in total. The molecule has 0 unspecified atom stereocenters. The van der Waals surface area contributed by atoms with Gasteiger partial charge in [0.05, 0.1) is 34.2 Å². The molecular formula is C52H48F6N6O6. The molecule has 2 aromatic heterocycles. The van der Waals surface area contributed by atoms with Crippen molar-refractivity contribution in [1.82, 2.24) is 19.1 Å². The van der Waals surface area contributed by atoms with Crippen LogP contribution in [0.5, 0.6) is 11.5 Å². The van der Waals surface area contributed by atoms with E-state index in [4.69, 9.17) is 20.2 Å². The van der Waals surface area contributed by atoms with E-state index < -0.39 is 24.7 Å². The van der Waals surface area contributed by atoms with E-state index in [1.54, 1.807) is 0 Å². The minimum Gasteiger partial charge on any atom is -0.481 e. The second-order valence-corrected chi connectivity index (χ2v) is 16.1. The molecule has 0 aliphatic carbocycles. The predicted molar refractivity (Wildman–Crippen MR) is 254 cm³/mol. The fraction of sp³-hybridized carbons (Fsp3) is 0.231. The van der Waals surface area contributed by atoms with E-state index in [9.17, 15) is 35.9 Å². The van der Waals surface area contributed by atoms with Gasteiger partial charge in [-0.3, -0.25) is 9.59 Å². The topological polar surface area (TPSA) is 153 Å².